The van der Waals surface area contributed by atoms with Crippen LogP contribution in [0.5, 0.6) is 5.75 Å². The summed E-state index contributed by atoms with van der Waals surface area (Å²) in [5, 5.41) is 2.76. The highest BCUT2D eigenvalue weighted by atomic mass is 16.5. The number of hydrazine groups is 1. The summed E-state index contributed by atoms with van der Waals surface area (Å²) in [6.45, 7) is 8.46. The Labute approximate surface area is 177 Å². The van der Waals surface area contributed by atoms with Gasteiger partial charge in [0.2, 0.25) is 11.8 Å². The summed E-state index contributed by atoms with van der Waals surface area (Å²) in [5.74, 6) is -0.449. The third-order valence-electron chi connectivity index (χ3n) is 4.39. The van der Waals surface area contributed by atoms with Gasteiger partial charge in [0.1, 0.15) is 5.75 Å². The number of para-hydroxylation sites is 1. The van der Waals surface area contributed by atoms with Gasteiger partial charge < -0.3 is 10.1 Å². The zero-order chi connectivity index (χ0) is 22.1. The zero-order valence-corrected chi connectivity index (χ0v) is 17.9. The van der Waals surface area contributed by atoms with Crippen LogP contribution >= 0.6 is 0 Å². The van der Waals surface area contributed by atoms with E-state index in [0.717, 1.165) is 11.1 Å². The smallest absolute Gasteiger partial charge is 0.273 e. The van der Waals surface area contributed by atoms with Crippen molar-refractivity contribution in [1.82, 2.24) is 10.9 Å². The molecule has 0 aliphatic carbocycles. The average molecular weight is 412 g/mol. The van der Waals surface area contributed by atoms with E-state index in [1.54, 1.807) is 24.3 Å². The zero-order valence-electron chi connectivity index (χ0n) is 17.9. The highest BCUT2D eigenvalue weighted by Gasteiger charge is 2.14. The lowest BCUT2D eigenvalue weighted by molar-refractivity contribution is -0.124. The lowest BCUT2D eigenvalue weighted by Crippen LogP contribution is -2.42. The third-order valence-corrected chi connectivity index (χ3v) is 4.39. The first-order valence-corrected chi connectivity index (χ1v) is 9.94. The Kier molecular flexibility index (Phi) is 8.41. The van der Waals surface area contributed by atoms with Gasteiger partial charge in [0.05, 0.1) is 12.2 Å². The summed E-state index contributed by atoms with van der Waals surface area (Å²) in [4.78, 5) is 36.4. The Morgan fingerprint density at radius 1 is 0.900 bits per heavy atom. The van der Waals surface area contributed by atoms with Gasteiger partial charge in [-0.15, -0.1) is 0 Å². The van der Waals surface area contributed by atoms with Crippen LogP contribution in [0.1, 0.15) is 48.2 Å². The fourth-order valence-electron chi connectivity index (χ4n) is 2.56. The van der Waals surface area contributed by atoms with Crippen LogP contribution in [0.4, 0.5) is 5.69 Å². The SMILES string of the molecule is Cc1ccc(NC(=O)CCC(=O)NNC(=O)c2ccccc2OCC(C)C)cc1C. The van der Waals surface area contributed by atoms with E-state index in [9.17, 15) is 14.4 Å². The Bertz CT molecular complexity index is 909. The largest absolute Gasteiger partial charge is 0.492 e. The van der Waals surface area contributed by atoms with Crippen LogP contribution in [0.15, 0.2) is 42.5 Å². The van der Waals surface area contributed by atoms with E-state index in [4.69, 9.17) is 4.74 Å². The first-order chi connectivity index (χ1) is 14.3. The molecular weight excluding hydrogens is 382 g/mol. The molecule has 0 saturated heterocycles. The number of hydrogen-bond donors (Lipinski definition) is 3. The fourth-order valence-corrected chi connectivity index (χ4v) is 2.56. The molecule has 3 N–H and O–H groups in total. The number of anilines is 1. The first-order valence-electron chi connectivity index (χ1n) is 9.94. The van der Waals surface area contributed by atoms with Gasteiger partial charge in [0.25, 0.3) is 5.91 Å². The quantitative estimate of drug-likeness (QED) is 0.579. The second-order valence-electron chi connectivity index (χ2n) is 7.55. The summed E-state index contributed by atoms with van der Waals surface area (Å²) in [6.07, 6.45) is -0.0504. The maximum Gasteiger partial charge on any atom is 0.273 e. The van der Waals surface area contributed by atoms with E-state index >= 15 is 0 Å². The predicted molar refractivity (Wildman–Crippen MR) is 116 cm³/mol. The number of carbonyl (C=O) groups excluding carboxylic acids is 3. The molecular formula is C23H29N3O4. The molecule has 160 valence electrons. The topological polar surface area (TPSA) is 96.5 Å². The summed E-state index contributed by atoms with van der Waals surface area (Å²) < 4.78 is 5.65. The number of aryl methyl sites for hydroxylation is 2. The summed E-state index contributed by atoms with van der Waals surface area (Å²) >= 11 is 0. The minimum Gasteiger partial charge on any atom is -0.492 e. The van der Waals surface area contributed by atoms with Crippen LogP contribution in [-0.2, 0) is 9.59 Å². The Morgan fingerprint density at radius 2 is 1.60 bits per heavy atom. The number of amides is 3. The molecule has 0 saturated carbocycles. The highest BCUT2D eigenvalue weighted by Crippen LogP contribution is 2.18. The molecule has 7 heteroatoms. The van der Waals surface area contributed by atoms with Gasteiger partial charge in [0, 0.05) is 18.5 Å². The van der Waals surface area contributed by atoms with Crippen molar-refractivity contribution >= 4 is 23.4 Å². The maximum atomic E-state index is 12.4. The van der Waals surface area contributed by atoms with Crippen molar-refractivity contribution < 1.29 is 19.1 Å². The van der Waals surface area contributed by atoms with Gasteiger partial charge >= 0.3 is 0 Å². The van der Waals surface area contributed by atoms with Crippen LogP contribution in [0, 0.1) is 19.8 Å². The Morgan fingerprint density at radius 3 is 2.30 bits per heavy atom. The van der Waals surface area contributed by atoms with E-state index in [2.05, 4.69) is 16.2 Å². The van der Waals surface area contributed by atoms with Crippen LogP contribution in [-0.4, -0.2) is 24.3 Å². The van der Waals surface area contributed by atoms with Crippen LogP contribution in [0.3, 0.4) is 0 Å². The van der Waals surface area contributed by atoms with Crippen LogP contribution in [0.25, 0.3) is 0 Å². The number of benzene rings is 2. The second-order valence-corrected chi connectivity index (χ2v) is 7.55. The average Bonchev–Trinajstić information content (AvgIpc) is 2.71. The van der Waals surface area contributed by atoms with Crippen molar-refractivity contribution in [2.45, 2.75) is 40.5 Å². The molecule has 2 aromatic carbocycles. The van der Waals surface area contributed by atoms with E-state index < -0.39 is 11.8 Å². The normalized spacial score (nSPS) is 10.4. The van der Waals surface area contributed by atoms with Gasteiger partial charge in [-0.2, -0.15) is 0 Å². The molecule has 0 bridgehead atoms. The van der Waals surface area contributed by atoms with Gasteiger partial charge in [-0.3, -0.25) is 25.2 Å². The monoisotopic (exact) mass is 411 g/mol. The van der Waals surface area contributed by atoms with Crippen molar-refractivity contribution in [2.24, 2.45) is 5.92 Å². The standard InChI is InChI=1S/C23H29N3O4/c1-15(2)14-30-20-8-6-5-7-19(20)23(29)26-25-22(28)12-11-21(27)24-18-10-9-16(3)17(4)13-18/h5-10,13,15H,11-12,14H2,1-4H3,(H,24,27)(H,25,28)(H,26,29). The van der Waals surface area contributed by atoms with E-state index in [1.807, 2.05) is 45.9 Å². The van der Waals surface area contributed by atoms with Gasteiger partial charge in [-0.05, 0) is 55.2 Å². The van der Waals surface area contributed by atoms with Crippen molar-refractivity contribution in [1.29, 1.82) is 0 Å². The van der Waals surface area contributed by atoms with E-state index in [1.165, 1.54) is 0 Å². The molecule has 0 spiro atoms. The summed E-state index contributed by atoms with van der Waals surface area (Å²) in [6, 6.07) is 12.4. The molecule has 0 radical (unpaired) electrons. The summed E-state index contributed by atoms with van der Waals surface area (Å²) in [5.41, 5.74) is 7.93. The second kappa shape index (κ2) is 11.0. The minimum absolute atomic E-state index is 0.00269. The van der Waals surface area contributed by atoms with Gasteiger partial charge in [-0.25, -0.2) is 0 Å². The molecule has 2 rings (SSSR count). The molecule has 2 aromatic rings. The molecule has 30 heavy (non-hydrogen) atoms. The van der Waals surface area contributed by atoms with Crippen molar-refractivity contribution in [3.05, 3.63) is 59.2 Å². The molecule has 0 aromatic heterocycles. The van der Waals surface area contributed by atoms with E-state index in [-0.39, 0.29) is 18.7 Å². The van der Waals surface area contributed by atoms with Gasteiger partial charge in [-0.1, -0.05) is 32.0 Å². The van der Waals surface area contributed by atoms with Crippen molar-refractivity contribution in [3.63, 3.8) is 0 Å². The molecule has 0 heterocycles. The molecule has 0 fully saturated rings. The van der Waals surface area contributed by atoms with E-state index in [0.29, 0.717) is 29.5 Å². The van der Waals surface area contributed by atoms with Crippen molar-refractivity contribution in [3.8, 4) is 5.75 Å². The Hall–Kier alpha value is -3.35. The lowest BCUT2D eigenvalue weighted by Gasteiger charge is -2.13. The number of rotatable bonds is 8. The number of ether oxygens (including phenoxy) is 1. The number of nitrogens with one attached hydrogen (secondary N) is 3. The third kappa shape index (κ3) is 7.24. The molecule has 0 aliphatic rings. The van der Waals surface area contributed by atoms with Crippen LogP contribution in [0.2, 0.25) is 0 Å². The van der Waals surface area contributed by atoms with Gasteiger partial charge in [0.15, 0.2) is 0 Å². The molecule has 0 unspecified atom stereocenters. The Balaban J connectivity index is 1.79. The predicted octanol–water partition coefficient (Wildman–Crippen LogP) is 3.52. The molecule has 7 nitrogen and oxygen atoms in total. The fraction of sp³-hybridized carbons (Fsp3) is 0.348. The first kappa shape index (κ1) is 22.9. The summed E-state index contributed by atoms with van der Waals surface area (Å²) in [7, 11) is 0. The maximum absolute atomic E-state index is 12.4. The minimum atomic E-state index is -0.484. The lowest BCUT2D eigenvalue weighted by atomic mass is 10.1. The molecule has 3 amide bonds. The number of carbonyl (C=O) groups is 3. The van der Waals surface area contributed by atoms with Crippen LogP contribution < -0.4 is 20.9 Å². The van der Waals surface area contributed by atoms with Crippen molar-refractivity contribution in [2.75, 3.05) is 11.9 Å². The molecule has 0 atom stereocenters. The molecule has 0 aliphatic heterocycles. The highest BCUT2D eigenvalue weighted by molar-refractivity contribution is 5.98. The number of hydrogen-bond acceptors (Lipinski definition) is 4.